The molecule has 0 aromatic rings. The van der Waals surface area contributed by atoms with Gasteiger partial charge in [0.2, 0.25) is 0 Å². The largest absolute Gasteiger partial charge is 0.472 e. The van der Waals surface area contributed by atoms with Crippen LogP contribution in [-0.2, 0) is 32.7 Å². The monoisotopic (exact) mass is 806 g/mol. The fourth-order valence-corrected chi connectivity index (χ4v) is 6.20. The molecule has 0 radical (unpaired) electrons. The summed E-state index contributed by atoms with van der Waals surface area (Å²) >= 11 is 0. The molecule has 10 heteroatoms. The minimum atomic E-state index is -4.37. The van der Waals surface area contributed by atoms with Crippen molar-refractivity contribution in [2.24, 2.45) is 0 Å². The van der Waals surface area contributed by atoms with Gasteiger partial charge in [-0.15, -0.1) is 0 Å². The summed E-state index contributed by atoms with van der Waals surface area (Å²) < 4.78 is 33.2. The van der Waals surface area contributed by atoms with E-state index in [9.17, 15) is 19.0 Å². The third kappa shape index (κ3) is 41.1. The maximum atomic E-state index is 12.6. The van der Waals surface area contributed by atoms with Gasteiger partial charge in [-0.25, -0.2) is 4.57 Å². The van der Waals surface area contributed by atoms with Gasteiger partial charge >= 0.3 is 19.8 Å². The van der Waals surface area contributed by atoms with Gasteiger partial charge in [0.15, 0.2) is 6.10 Å². The molecule has 0 aromatic carbocycles. The van der Waals surface area contributed by atoms with Crippen LogP contribution in [0.25, 0.3) is 0 Å². The number of likely N-dealkylation sites (N-methyl/N-ethyl adjacent to an activating group) is 1. The first kappa shape index (κ1) is 53.5. The molecule has 322 valence electrons. The summed E-state index contributed by atoms with van der Waals surface area (Å²) in [5.41, 5.74) is 0. The highest BCUT2D eigenvalue weighted by atomic mass is 31.2. The summed E-state index contributed by atoms with van der Waals surface area (Å²) in [4.78, 5) is 35.1. The molecule has 9 nitrogen and oxygen atoms in total. The molecule has 0 spiro atoms. The highest BCUT2D eigenvalue weighted by molar-refractivity contribution is 7.47. The Balaban J connectivity index is 4.33. The summed E-state index contributed by atoms with van der Waals surface area (Å²) in [6.45, 7) is 4.10. The Hall–Kier alpha value is -2.55. The van der Waals surface area contributed by atoms with Crippen LogP contribution in [0, 0.1) is 0 Å². The van der Waals surface area contributed by atoms with Crippen LogP contribution in [0.4, 0.5) is 0 Å². The maximum Gasteiger partial charge on any atom is 0.472 e. The van der Waals surface area contributed by atoms with Crippen molar-refractivity contribution in [3.05, 3.63) is 72.9 Å². The van der Waals surface area contributed by atoms with Crippen molar-refractivity contribution in [3.63, 3.8) is 0 Å². The first-order valence-corrected chi connectivity index (χ1v) is 23.4. The SMILES string of the molecule is CCCCC/C=C\C/C=C\C/C=C\CCCCCCC(=O)OCC(COP(=O)(O)OCCNC)OC(=O)CCCCCC/C=C\C/C=C\C/C=C\CCCCC. The molecule has 0 amide bonds. The summed E-state index contributed by atoms with van der Waals surface area (Å²) in [6, 6.07) is 0. The number of esters is 2. The van der Waals surface area contributed by atoms with Gasteiger partial charge in [0, 0.05) is 19.4 Å². The van der Waals surface area contributed by atoms with Crippen LogP contribution in [-0.4, -0.2) is 56.3 Å². The quantitative estimate of drug-likeness (QED) is 0.0270. The van der Waals surface area contributed by atoms with Gasteiger partial charge in [-0.1, -0.05) is 138 Å². The molecule has 0 fully saturated rings. The van der Waals surface area contributed by atoms with E-state index in [0.29, 0.717) is 19.4 Å². The van der Waals surface area contributed by atoms with Crippen LogP contribution >= 0.6 is 7.82 Å². The van der Waals surface area contributed by atoms with Crippen LogP contribution in [0.5, 0.6) is 0 Å². The Morgan fingerprint density at radius 1 is 0.554 bits per heavy atom. The molecule has 2 unspecified atom stereocenters. The van der Waals surface area contributed by atoms with E-state index in [1.54, 1.807) is 7.05 Å². The van der Waals surface area contributed by atoms with Crippen molar-refractivity contribution in [2.45, 2.75) is 174 Å². The lowest BCUT2D eigenvalue weighted by molar-refractivity contribution is -0.161. The average Bonchev–Trinajstić information content (AvgIpc) is 3.18. The predicted molar refractivity (Wildman–Crippen MR) is 233 cm³/mol. The number of carbonyl (C=O) groups excluding carboxylic acids is 2. The Kier molecular flexibility index (Phi) is 40.2. The molecule has 0 rings (SSSR count). The Morgan fingerprint density at radius 3 is 1.41 bits per heavy atom. The number of allylic oxidation sites excluding steroid dienone is 12. The first-order chi connectivity index (χ1) is 27.3. The molecular weight excluding hydrogens is 725 g/mol. The van der Waals surface area contributed by atoms with E-state index in [1.807, 2.05) is 0 Å². The fraction of sp³-hybridized carbons (Fsp3) is 0.696. The van der Waals surface area contributed by atoms with Gasteiger partial charge in [-0.05, 0) is 96.9 Å². The molecule has 0 saturated heterocycles. The normalized spacial score (nSPS) is 14.0. The van der Waals surface area contributed by atoms with E-state index < -0.39 is 32.5 Å². The summed E-state index contributed by atoms with van der Waals surface area (Å²) in [6.07, 6.45) is 49.4. The molecule has 0 bridgehead atoms. The summed E-state index contributed by atoms with van der Waals surface area (Å²) in [5, 5.41) is 2.82. The van der Waals surface area contributed by atoms with Gasteiger partial charge in [-0.3, -0.25) is 18.6 Å². The topological polar surface area (TPSA) is 120 Å². The van der Waals surface area contributed by atoms with E-state index in [0.717, 1.165) is 77.0 Å². The Morgan fingerprint density at radius 2 is 0.964 bits per heavy atom. The van der Waals surface area contributed by atoms with Crippen LogP contribution < -0.4 is 5.32 Å². The van der Waals surface area contributed by atoms with Crippen molar-refractivity contribution in [2.75, 3.05) is 33.4 Å². The van der Waals surface area contributed by atoms with Gasteiger partial charge in [0.25, 0.3) is 0 Å². The number of nitrogens with one attached hydrogen (secondary N) is 1. The molecule has 0 aliphatic rings. The third-order valence-electron chi connectivity index (χ3n) is 8.80. The van der Waals surface area contributed by atoms with E-state index in [1.165, 1.54) is 51.4 Å². The smallest absolute Gasteiger partial charge is 0.462 e. The van der Waals surface area contributed by atoms with Crippen LogP contribution in [0.3, 0.4) is 0 Å². The van der Waals surface area contributed by atoms with Crippen LogP contribution in [0.15, 0.2) is 72.9 Å². The number of unbranched alkanes of at least 4 members (excludes halogenated alkanes) is 14. The molecule has 2 N–H and O–H groups in total. The first-order valence-electron chi connectivity index (χ1n) is 21.9. The van der Waals surface area contributed by atoms with Crippen molar-refractivity contribution in [1.82, 2.24) is 5.32 Å². The second-order valence-corrected chi connectivity index (χ2v) is 15.6. The summed E-state index contributed by atoms with van der Waals surface area (Å²) in [5.74, 6) is -0.863. The molecule has 0 aliphatic carbocycles. The zero-order valence-electron chi connectivity index (χ0n) is 35.6. The number of carbonyl (C=O) groups is 2. The molecule has 0 saturated carbocycles. The molecule has 0 aliphatic heterocycles. The van der Waals surface area contributed by atoms with E-state index in [-0.39, 0.29) is 26.1 Å². The molecule has 0 aromatic heterocycles. The zero-order chi connectivity index (χ0) is 41.1. The van der Waals surface area contributed by atoms with Gasteiger partial charge < -0.3 is 19.7 Å². The lowest BCUT2D eigenvalue weighted by atomic mass is 10.1. The lowest BCUT2D eigenvalue weighted by Gasteiger charge is -2.20. The number of phosphoric ester groups is 1. The van der Waals surface area contributed by atoms with E-state index in [4.69, 9.17) is 18.5 Å². The molecule has 0 heterocycles. The highest BCUT2D eigenvalue weighted by Gasteiger charge is 2.26. The third-order valence-corrected chi connectivity index (χ3v) is 9.78. The minimum absolute atomic E-state index is 0.0291. The Labute approximate surface area is 342 Å². The fourth-order valence-electron chi connectivity index (χ4n) is 5.45. The van der Waals surface area contributed by atoms with Crippen LogP contribution in [0.1, 0.15) is 168 Å². The highest BCUT2D eigenvalue weighted by Crippen LogP contribution is 2.43. The van der Waals surface area contributed by atoms with Crippen LogP contribution in [0.2, 0.25) is 0 Å². The number of phosphoric acid groups is 1. The van der Waals surface area contributed by atoms with Crippen molar-refractivity contribution >= 4 is 19.8 Å². The molecule has 56 heavy (non-hydrogen) atoms. The van der Waals surface area contributed by atoms with Crippen molar-refractivity contribution < 1.29 is 37.6 Å². The Bertz CT molecular complexity index is 1150. The number of rotatable bonds is 40. The number of hydrogen-bond donors (Lipinski definition) is 2. The number of ether oxygens (including phenoxy) is 2. The zero-order valence-corrected chi connectivity index (χ0v) is 36.5. The lowest BCUT2D eigenvalue weighted by Crippen LogP contribution is -2.29. The van der Waals surface area contributed by atoms with E-state index in [2.05, 4.69) is 92.1 Å². The minimum Gasteiger partial charge on any atom is -0.462 e. The summed E-state index contributed by atoms with van der Waals surface area (Å²) in [7, 11) is -2.67. The number of hydrogen-bond acceptors (Lipinski definition) is 8. The maximum absolute atomic E-state index is 12.6. The second kappa shape index (κ2) is 42.1. The van der Waals surface area contributed by atoms with Gasteiger partial charge in [0.05, 0.1) is 13.2 Å². The second-order valence-electron chi connectivity index (χ2n) is 14.2. The van der Waals surface area contributed by atoms with Crippen molar-refractivity contribution in [1.29, 1.82) is 0 Å². The van der Waals surface area contributed by atoms with Crippen molar-refractivity contribution in [3.8, 4) is 0 Å². The van der Waals surface area contributed by atoms with Gasteiger partial charge in [0.1, 0.15) is 6.61 Å². The standard InChI is InChI=1S/C46H80NO8P/c1-4-6-8-10-12-14-16-18-20-22-24-26-28-30-32-34-36-38-45(48)52-42-44(43-54-56(50,51)53-41-40-47-3)55-46(49)39-37-35-33-31-29-27-25-23-21-19-17-15-13-11-9-7-5-2/h12-15,18-21,24-27,44,47H,4-11,16-17,22-23,28-43H2,1-3H3,(H,50,51)/b14-12-,15-13-,20-18-,21-19-,26-24-,27-25-. The predicted octanol–water partition coefficient (Wildman–Crippen LogP) is 12.5. The molecule has 2 atom stereocenters. The molecular formula is C46H80NO8P. The van der Waals surface area contributed by atoms with Gasteiger partial charge in [-0.2, -0.15) is 0 Å². The van der Waals surface area contributed by atoms with E-state index >= 15 is 0 Å². The average molecular weight is 806 g/mol.